The molecule has 1 aliphatic carbocycles. The Hall–Kier alpha value is -0.120. The molecule has 0 aromatic heterocycles. The van der Waals surface area contributed by atoms with Crippen molar-refractivity contribution in [1.29, 1.82) is 0 Å². The summed E-state index contributed by atoms with van der Waals surface area (Å²) in [7, 11) is 0. The molecule has 2 fully saturated rings. The van der Waals surface area contributed by atoms with Crippen LogP contribution in [0.4, 0.5) is 0 Å². The highest BCUT2D eigenvalue weighted by Gasteiger charge is 2.34. The fourth-order valence-electron chi connectivity index (χ4n) is 3.15. The van der Waals surface area contributed by atoms with Crippen LogP contribution >= 0.6 is 0 Å². The summed E-state index contributed by atoms with van der Waals surface area (Å²) in [4.78, 5) is 2.36. The van der Waals surface area contributed by atoms with E-state index in [0.29, 0.717) is 12.1 Å². The van der Waals surface area contributed by atoms with Crippen molar-refractivity contribution in [2.24, 2.45) is 0 Å². The summed E-state index contributed by atoms with van der Waals surface area (Å²) in [5.41, 5.74) is 0. The molecule has 0 amide bonds. The second kappa shape index (κ2) is 5.28. The Morgan fingerprint density at radius 1 is 1.00 bits per heavy atom. The molecule has 1 aliphatic heterocycles. The minimum Gasteiger partial charge on any atom is -0.395 e. The van der Waals surface area contributed by atoms with Crippen molar-refractivity contribution in [1.82, 2.24) is 4.90 Å². The predicted molar refractivity (Wildman–Crippen MR) is 59.7 cm³/mol. The van der Waals surface area contributed by atoms with Crippen LogP contribution in [-0.4, -0.2) is 46.5 Å². The molecule has 0 radical (unpaired) electrons. The zero-order chi connectivity index (χ0) is 10.7. The van der Waals surface area contributed by atoms with E-state index >= 15 is 0 Å². The minimum atomic E-state index is -0.167. The molecule has 0 bridgehead atoms. The van der Waals surface area contributed by atoms with Gasteiger partial charge in [-0.3, -0.25) is 4.90 Å². The summed E-state index contributed by atoms with van der Waals surface area (Å²) in [6.07, 6.45) is 7.81. The highest BCUT2D eigenvalue weighted by molar-refractivity contribution is 4.89. The Morgan fingerprint density at radius 2 is 1.80 bits per heavy atom. The van der Waals surface area contributed by atoms with E-state index in [1.54, 1.807) is 0 Å². The molecule has 3 atom stereocenters. The first-order valence-corrected chi connectivity index (χ1v) is 6.37. The Labute approximate surface area is 92.1 Å². The van der Waals surface area contributed by atoms with Gasteiger partial charge in [-0.05, 0) is 32.2 Å². The van der Waals surface area contributed by atoms with E-state index in [1.165, 1.54) is 19.3 Å². The number of nitrogens with zero attached hydrogens (tertiary/aromatic N) is 1. The second-order valence-corrected chi connectivity index (χ2v) is 4.99. The molecule has 0 aromatic carbocycles. The van der Waals surface area contributed by atoms with E-state index in [-0.39, 0.29) is 12.7 Å². The van der Waals surface area contributed by atoms with Gasteiger partial charge in [0.15, 0.2) is 0 Å². The van der Waals surface area contributed by atoms with Gasteiger partial charge in [0.05, 0.1) is 12.7 Å². The van der Waals surface area contributed by atoms with Crippen molar-refractivity contribution in [3.63, 3.8) is 0 Å². The lowest BCUT2D eigenvalue weighted by Gasteiger charge is -2.34. The van der Waals surface area contributed by atoms with Crippen LogP contribution in [0, 0.1) is 0 Å². The fourth-order valence-corrected chi connectivity index (χ4v) is 3.15. The zero-order valence-corrected chi connectivity index (χ0v) is 9.44. The number of aliphatic hydroxyl groups is 2. The summed E-state index contributed by atoms with van der Waals surface area (Å²) in [6, 6.07) is 0.620. The van der Waals surface area contributed by atoms with Crippen molar-refractivity contribution >= 4 is 0 Å². The number of rotatable bonds is 2. The van der Waals surface area contributed by atoms with E-state index in [2.05, 4.69) is 4.90 Å². The van der Waals surface area contributed by atoms with Crippen LogP contribution in [0.1, 0.15) is 44.9 Å². The van der Waals surface area contributed by atoms with Gasteiger partial charge in [-0.25, -0.2) is 0 Å². The largest absolute Gasteiger partial charge is 0.395 e. The zero-order valence-electron chi connectivity index (χ0n) is 9.44. The van der Waals surface area contributed by atoms with Crippen LogP contribution in [0.15, 0.2) is 0 Å². The normalized spacial score (nSPS) is 39.2. The summed E-state index contributed by atoms with van der Waals surface area (Å²) in [5.74, 6) is 0. The average molecular weight is 213 g/mol. The molecule has 0 aromatic rings. The second-order valence-electron chi connectivity index (χ2n) is 4.99. The maximum absolute atomic E-state index is 10.1. The maximum atomic E-state index is 10.1. The van der Waals surface area contributed by atoms with Crippen LogP contribution < -0.4 is 0 Å². The van der Waals surface area contributed by atoms with Crippen molar-refractivity contribution in [3.05, 3.63) is 0 Å². The summed E-state index contributed by atoms with van der Waals surface area (Å²) in [5, 5.41) is 19.4. The Kier molecular flexibility index (Phi) is 4.00. The molecule has 1 saturated carbocycles. The molecule has 3 unspecified atom stereocenters. The van der Waals surface area contributed by atoms with Crippen molar-refractivity contribution in [3.8, 4) is 0 Å². The maximum Gasteiger partial charge on any atom is 0.0695 e. The van der Waals surface area contributed by atoms with Gasteiger partial charge in [0, 0.05) is 12.1 Å². The van der Waals surface area contributed by atoms with Crippen molar-refractivity contribution < 1.29 is 10.2 Å². The van der Waals surface area contributed by atoms with Crippen molar-refractivity contribution in [2.45, 2.75) is 63.1 Å². The Morgan fingerprint density at radius 3 is 2.60 bits per heavy atom. The van der Waals surface area contributed by atoms with E-state index in [4.69, 9.17) is 0 Å². The van der Waals surface area contributed by atoms with Gasteiger partial charge in [0.2, 0.25) is 0 Å². The van der Waals surface area contributed by atoms with Gasteiger partial charge in [0.25, 0.3) is 0 Å². The van der Waals surface area contributed by atoms with E-state index in [9.17, 15) is 10.2 Å². The summed E-state index contributed by atoms with van der Waals surface area (Å²) < 4.78 is 0. The van der Waals surface area contributed by atoms with E-state index in [0.717, 1.165) is 32.2 Å². The molecule has 2 aliphatic rings. The van der Waals surface area contributed by atoms with Gasteiger partial charge in [-0.2, -0.15) is 0 Å². The third-order valence-electron chi connectivity index (χ3n) is 4.00. The molecule has 88 valence electrons. The molecule has 2 N–H and O–H groups in total. The molecule has 1 saturated heterocycles. The molecule has 1 heterocycles. The number of hydrogen-bond donors (Lipinski definition) is 2. The van der Waals surface area contributed by atoms with Gasteiger partial charge < -0.3 is 10.2 Å². The standard InChI is InChI=1S/C12H23NO2/c14-9-10-5-4-8-13(10)11-6-2-1-3-7-12(11)15/h10-12,14-15H,1-9H2. The van der Waals surface area contributed by atoms with E-state index < -0.39 is 0 Å². The van der Waals surface area contributed by atoms with Gasteiger partial charge in [-0.15, -0.1) is 0 Å². The minimum absolute atomic E-state index is 0.167. The van der Waals surface area contributed by atoms with Crippen molar-refractivity contribution in [2.75, 3.05) is 13.2 Å². The lowest BCUT2D eigenvalue weighted by Crippen LogP contribution is -2.46. The fraction of sp³-hybridized carbons (Fsp3) is 1.00. The Balaban J connectivity index is 1.99. The molecule has 2 rings (SSSR count). The lowest BCUT2D eigenvalue weighted by molar-refractivity contribution is 0.0234. The van der Waals surface area contributed by atoms with Gasteiger partial charge >= 0.3 is 0 Å². The van der Waals surface area contributed by atoms with E-state index in [1.807, 2.05) is 0 Å². The van der Waals surface area contributed by atoms with Crippen LogP contribution in [0.2, 0.25) is 0 Å². The Bertz CT molecular complexity index is 198. The topological polar surface area (TPSA) is 43.7 Å². The molecule has 0 spiro atoms. The smallest absolute Gasteiger partial charge is 0.0695 e. The molecule has 15 heavy (non-hydrogen) atoms. The summed E-state index contributed by atoms with van der Waals surface area (Å²) >= 11 is 0. The van der Waals surface area contributed by atoms with Crippen LogP contribution in [0.3, 0.4) is 0 Å². The number of aliphatic hydroxyl groups excluding tert-OH is 2. The molecular weight excluding hydrogens is 190 g/mol. The van der Waals surface area contributed by atoms with Gasteiger partial charge in [0.1, 0.15) is 0 Å². The average Bonchev–Trinajstić information content (AvgIpc) is 2.61. The lowest BCUT2D eigenvalue weighted by atomic mass is 10.0. The highest BCUT2D eigenvalue weighted by atomic mass is 16.3. The first-order chi connectivity index (χ1) is 7.33. The quantitative estimate of drug-likeness (QED) is 0.676. The van der Waals surface area contributed by atoms with Gasteiger partial charge in [-0.1, -0.05) is 19.3 Å². The molecule has 3 heteroatoms. The number of hydrogen-bond acceptors (Lipinski definition) is 3. The highest BCUT2D eigenvalue weighted by Crippen LogP contribution is 2.28. The van der Waals surface area contributed by atoms with Crippen LogP contribution in [0.5, 0.6) is 0 Å². The molecule has 3 nitrogen and oxygen atoms in total. The first kappa shape index (κ1) is 11.4. The summed E-state index contributed by atoms with van der Waals surface area (Å²) in [6.45, 7) is 1.32. The monoisotopic (exact) mass is 213 g/mol. The SMILES string of the molecule is OCC1CCCN1C1CCCCCC1O. The first-order valence-electron chi connectivity index (χ1n) is 6.37. The third-order valence-corrected chi connectivity index (χ3v) is 4.00. The third kappa shape index (κ3) is 2.52. The molecular formula is C12H23NO2. The number of likely N-dealkylation sites (tertiary alicyclic amines) is 1. The predicted octanol–water partition coefficient (Wildman–Crippen LogP) is 1.14. The van der Waals surface area contributed by atoms with Crippen LogP contribution in [0.25, 0.3) is 0 Å². The van der Waals surface area contributed by atoms with Crippen LogP contribution in [-0.2, 0) is 0 Å².